The average Bonchev–Trinajstić information content (AvgIpc) is 3.43. The Hall–Kier alpha value is -2.79. The van der Waals surface area contributed by atoms with E-state index in [1.807, 2.05) is 0 Å². The molecular formula is C19H18FN3O3S. The highest BCUT2D eigenvalue weighted by atomic mass is 32.1. The zero-order valence-electron chi connectivity index (χ0n) is 14.9. The van der Waals surface area contributed by atoms with Crippen molar-refractivity contribution in [3.8, 4) is 16.6 Å². The van der Waals surface area contributed by atoms with Crippen LogP contribution < -0.4 is 5.32 Å². The molecule has 0 bridgehead atoms. The third-order valence-electron chi connectivity index (χ3n) is 4.43. The number of rotatable bonds is 6. The maximum atomic E-state index is 13.0. The lowest BCUT2D eigenvalue weighted by Crippen LogP contribution is -2.48. The maximum Gasteiger partial charge on any atom is 0.350 e. The van der Waals surface area contributed by atoms with Gasteiger partial charge < -0.3 is 10.1 Å². The fourth-order valence-corrected chi connectivity index (χ4v) is 3.67. The lowest BCUT2D eigenvalue weighted by Gasteiger charge is -2.22. The number of aromatic nitrogens is 1. The average molecular weight is 387 g/mol. The number of nitrogens with one attached hydrogen (secondary N) is 1. The molecule has 140 valence electrons. The van der Waals surface area contributed by atoms with Crippen LogP contribution in [0.25, 0.3) is 10.6 Å². The van der Waals surface area contributed by atoms with Gasteiger partial charge in [0.15, 0.2) is 6.61 Å². The second-order valence-electron chi connectivity index (χ2n) is 6.65. The van der Waals surface area contributed by atoms with E-state index in [1.54, 1.807) is 26.0 Å². The van der Waals surface area contributed by atoms with Crippen LogP contribution in [0.4, 0.5) is 4.39 Å². The highest BCUT2D eigenvalue weighted by Gasteiger charge is 2.43. The first-order valence-corrected chi connectivity index (χ1v) is 9.27. The predicted octanol–water partition coefficient (Wildman–Crippen LogP) is 3.22. The van der Waals surface area contributed by atoms with Crippen LogP contribution >= 0.6 is 11.3 Å². The number of hydrogen-bond acceptors (Lipinski definition) is 6. The molecule has 1 atom stereocenters. The minimum absolute atomic E-state index is 0.143. The molecule has 3 rings (SSSR count). The first-order valence-electron chi connectivity index (χ1n) is 8.45. The molecule has 8 heteroatoms. The Kier molecular flexibility index (Phi) is 5.24. The van der Waals surface area contributed by atoms with Crippen molar-refractivity contribution in [3.63, 3.8) is 0 Å². The van der Waals surface area contributed by atoms with Crippen molar-refractivity contribution in [2.75, 3.05) is 6.61 Å². The SMILES string of the molecule is Cc1nc(-c2ccc(F)cc2)sc1C(=O)OCC(=O)N[C@@](C)(C#N)C1CC1. The molecule has 0 aliphatic heterocycles. The summed E-state index contributed by atoms with van der Waals surface area (Å²) < 4.78 is 18.1. The van der Waals surface area contributed by atoms with E-state index in [2.05, 4.69) is 16.4 Å². The van der Waals surface area contributed by atoms with Gasteiger partial charge in [-0.05, 0) is 56.9 Å². The highest BCUT2D eigenvalue weighted by Crippen LogP contribution is 2.39. The summed E-state index contributed by atoms with van der Waals surface area (Å²) in [6, 6.07) is 7.92. The first-order chi connectivity index (χ1) is 12.8. The van der Waals surface area contributed by atoms with Gasteiger partial charge in [-0.25, -0.2) is 14.2 Å². The van der Waals surface area contributed by atoms with Crippen molar-refractivity contribution in [1.29, 1.82) is 5.26 Å². The Balaban J connectivity index is 1.62. The number of hydrogen-bond donors (Lipinski definition) is 1. The number of carbonyl (C=O) groups is 2. The van der Waals surface area contributed by atoms with Gasteiger partial charge in [0, 0.05) is 5.56 Å². The molecule has 0 saturated heterocycles. The molecule has 1 aliphatic rings. The Bertz CT molecular complexity index is 915. The smallest absolute Gasteiger partial charge is 0.350 e. The number of thiazole rings is 1. The van der Waals surface area contributed by atoms with Gasteiger partial charge in [0.05, 0.1) is 11.8 Å². The maximum absolute atomic E-state index is 13.0. The van der Waals surface area contributed by atoms with Crippen molar-refractivity contribution in [2.45, 2.75) is 32.2 Å². The first kappa shape index (κ1) is 19.0. The lowest BCUT2D eigenvalue weighted by molar-refractivity contribution is -0.125. The van der Waals surface area contributed by atoms with Crippen LogP contribution in [0, 0.1) is 30.0 Å². The van der Waals surface area contributed by atoms with Gasteiger partial charge in [0.2, 0.25) is 0 Å². The van der Waals surface area contributed by atoms with Crippen LogP contribution in [0.1, 0.15) is 35.1 Å². The minimum atomic E-state index is -0.931. The second kappa shape index (κ2) is 7.45. The van der Waals surface area contributed by atoms with E-state index in [0.29, 0.717) is 16.3 Å². The Morgan fingerprint density at radius 3 is 2.67 bits per heavy atom. The summed E-state index contributed by atoms with van der Waals surface area (Å²) in [5, 5.41) is 12.5. The van der Waals surface area contributed by atoms with Crippen molar-refractivity contribution in [3.05, 3.63) is 40.7 Å². The quantitative estimate of drug-likeness (QED) is 0.769. The molecule has 2 aromatic rings. The molecule has 1 N–H and O–H groups in total. The van der Waals surface area contributed by atoms with Gasteiger partial charge in [0.25, 0.3) is 5.91 Å². The fourth-order valence-electron chi connectivity index (χ4n) is 2.71. The van der Waals surface area contributed by atoms with Gasteiger partial charge in [-0.1, -0.05) is 0 Å². The van der Waals surface area contributed by atoms with Crippen molar-refractivity contribution in [2.24, 2.45) is 5.92 Å². The minimum Gasteiger partial charge on any atom is -0.451 e. The van der Waals surface area contributed by atoms with E-state index in [-0.39, 0.29) is 16.6 Å². The van der Waals surface area contributed by atoms with Crippen LogP contribution in [-0.4, -0.2) is 29.0 Å². The van der Waals surface area contributed by atoms with Gasteiger partial charge in [-0.2, -0.15) is 5.26 Å². The van der Waals surface area contributed by atoms with Crippen LogP contribution in [0.3, 0.4) is 0 Å². The molecule has 1 aromatic carbocycles. The molecule has 1 aliphatic carbocycles. The van der Waals surface area contributed by atoms with Crippen LogP contribution in [0.2, 0.25) is 0 Å². The molecule has 6 nitrogen and oxygen atoms in total. The van der Waals surface area contributed by atoms with Crippen molar-refractivity contribution >= 4 is 23.2 Å². The van der Waals surface area contributed by atoms with E-state index < -0.39 is 24.0 Å². The van der Waals surface area contributed by atoms with E-state index in [0.717, 1.165) is 24.2 Å². The number of benzene rings is 1. The normalized spacial score (nSPS) is 15.5. The standard InChI is InChI=1S/C19H18FN3O3S/c1-11-16(27-17(22-11)12-3-7-14(20)8-4-12)18(25)26-9-15(24)23-19(2,10-21)13-5-6-13/h3-4,7-8,13H,5-6,9H2,1-2H3,(H,23,24)/t19-/m0/s1. The Morgan fingerprint density at radius 2 is 2.07 bits per heavy atom. The molecule has 1 amide bonds. The number of aryl methyl sites for hydroxylation is 1. The molecule has 1 heterocycles. The van der Waals surface area contributed by atoms with Gasteiger partial charge in [-0.3, -0.25) is 4.79 Å². The lowest BCUT2D eigenvalue weighted by atomic mass is 9.98. The number of nitrogens with zero attached hydrogens (tertiary/aromatic N) is 2. The molecular weight excluding hydrogens is 369 g/mol. The van der Waals surface area contributed by atoms with Crippen LogP contribution in [-0.2, 0) is 9.53 Å². The number of amides is 1. The zero-order chi connectivity index (χ0) is 19.6. The Labute approximate surface area is 160 Å². The number of esters is 1. The van der Waals surface area contributed by atoms with Crippen LogP contribution in [0.5, 0.6) is 0 Å². The number of ether oxygens (including phenoxy) is 1. The number of nitriles is 1. The number of halogens is 1. The zero-order valence-corrected chi connectivity index (χ0v) is 15.7. The fraction of sp³-hybridized carbons (Fsp3) is 0.368. The second-order valence-corrected chi connectivity index (χ2v) is 7.65. The van der Waals surface area contributed by atoms with Gasteiger partial charge in [-0.15, -0.1) is 11.3 Å². The molecule has 0 spiro atoms. The third kappa shape index (κ3) is 4.31. The molecule has 0 unspecified atom stereocenters. The van der Waals surface area contributed by atoms with E-state index in [1.165, 1.54) is 12.1 Å². The molecule has 1 aromatic heterocycles. The summed E-state index contributed by atoms with van der Waals surface area (Å²) >= 11 is 1.12. The summed E-state index contributed by atoms with van der Waals surface area (Å²) in [5.74, 6) is -1.38. The van der Waals surface area contributed by atoms with E-state index in [4.69, 9.17) is 4.74 Å². The monoisotopic (exact) mass is 387 g/mol. The predicted molar refractivity (Wildman–Crippen MR) is 97.4 cm³/mol. The summed E-state index contributed by atoms with van der Waals surface area (Å²) in [7, 11) is 0. The molecule has 1 fully saturated rings. The third-order valence-corrected chi connectivity index (χ3v) is 5.62. The van der Waals surface area contributed by atoms with E-state index in [9.17, 15) is 19.2 Å². The van der Waals surface area contributed by atoms with Crippen molar-refractivity contribution in [1.82, 2.24) is 10.3 Å². The summed E-state index contributed by atoms with van der Waals surface area (Å²) in [6.45, 7) is 2.87. The Morgan fingerprint density at radius 1 is 1.41 bits per heavy atom. The largest absolute Gasteiger partial charge is 0.451 e. The molecule has 0 radical (unpaired) electrons. The topological polar surface area (TPSA) is 92.1 Å². The van der Waals surface area contributed by atoms with Crippen molar-refractivity contribution < 1.29 is 18.7 Å². The summed E-state index contributed by atoms with van der Waals surface area (Å²) in [4.78, 5) is 28.9. The van der Waals surface area contributed by atoms with Gasteiger partial charge in [0.1, 0.15) is 21.2 Å². The molecule has 27 heavy (non-hydrogen) atoms. The number of carbonyl (C=O) groups excluding carboxylic acids is 2. The van der Waals surface area contributed by atoms with Gasteiger partial charge >= 0.3 is 5.97 Å². The molecule has 1 saturated carbocycles. The highest BCUT2D eigenvalue weighted by molar-refractivity contribution is 7.17. The summed E-state index contributed by atoms with van der Waals surface area (Å²) in [6.07, 6.45) is 1.80. The van der Waals surface area contributed by atoms with Crippen LogP contribution in [0.15, 0.2) is 24.3 Å². The summed E-state index contributed by atoms with van der Waals surface area (Å²) in [5.41, 5.74) is 0.236. The van der Waals surface area contributed by atoms with E-state index >= 15 is 0 Å².